The van der Waals surface area contributed by atoms with Gasteiger partial charge in [-0.1, -0.05) is 20.8 Å². The lowest BCUT2D eigenvalue weighted by molar-refractivity contribution is 0.0637. The average Bonchev–Trinajstić information content (AvgIpc) is 2.91. The van der Waals surface area contributed by atoms with Gasteiger partial charge in [-0.15, -0.1) is 0 Å². The molecule has 1 atom stereocenters. The van der Waals surface area contributed by atoms with Crippen molar-refractivity contribution >= 4 is 6.20 Å². The van der Waals surface area contributed by atoms with Crippen LogP contribution in [-0.2, 0) is 0 Å². The van der Waals surface area contributed by atoms with E-state index in [0.717, 1.165) is 0 Å². The van der Waals surface area contributed by atoms with Crippen molar-refractivity contribution in [2.24, 2.45) is 5.41 Å². The van der Waals surface area contributed by atoms with Crippen LogP contribution >= 0.6 is 0 Å². The number of benzene rings is 1. The Morgan fingerprint density at radius 3 is 2.52 bits per heavy atom. The lowest BCUT2D eigenvalue weighted by Crippen LogP contribution is -2.30. The summed E-state index contributed by atoms with van der Waals surface area (Å²) in [6.07, 6.45) is 5.82. The van der Waals surface area contributed by atoms with Crippen molar-refractivity contribution in [3.05, 3.63) is 54.6 Å². The SMILES string of the molecule is CC(C)(C)C(O)/C(=C/n1ccnc1)Oc1ccc(F)cc1. The van der Waals surface area contributed by atoms with Crippen molar-refractivity contribution in [3.8, 4) is 5.75 Å². The summed E-state index contributed by atoms with van der Waals surface area (Å²) in [5.74, 6) is 0.497. The standard InChI is InChI=1S/C16H19FN2O2/c1-16(2,3)15(20)14(10-19-9-8-18-11-19)21-13-6-4-12(17)5-7-13/h4-11,15,20H,1-3H3/b14-10-. The first-order valence-electron chi connectivity index (χ1n) is 6.67. The molecule has 4 nitrogen and oxygen atoms in total. The van der Waals surface area contributed by atoms with Crippen molar-refractivity contribution in [1.29, 1.82) is 0 Å². The first-order valence-corrected chi connectivity index (χ1v) is 6.67. The third-order valence-electron chi connectivity index (χ3n) is 2.94. The molecule has 1 unspecified atom stereocenters. The van der Waals surface area contributed by atoms with E-state index in [2.05, 4.69) is 4.98 Å². The molecular weight excluding hydrogens is 271 g/mol. The summed E-state index contributed by atoms with van der Waals surface area (Å²) in [5, 5.41) is 10.5. The van der Waals surface area contributed by atoms with Crippen molar-refractivity contribution < 1.29 is 14.2 Å². The van der Waals surface area contributed by atoms with E-state index in [4.69, 9.17) is 4.74 Å². The largest absolute Gasteiger partial charge is 0.457 e. The molecule has 2 rings (SSSR count). The van der Waals surface area contributed by atoms with Crippen molar-refractivity contribution in [3.63, 3.8) is 0 Å². The highest BCUT2D eigenvalue weighted by atomic mass is 19.1. The zero-order chi connectivity index (χ0) is 15.5. The van der Waals surface area contributed by atoms with Crippen LogP contribution < -0.4 is 4.74 Å². The number of aliphatic hydroxyl groups is 1. The fourth-order valence-corrected chi connectivity index (χ4v) is 1.71. The number of nitrogens with zero attached hydrogens (tertiary/aromatic N) is 2. The maximum Gasteiger partial charge on any atom is 0.150 e. The van der Waals surface area contributed by atoms with Gasteiger partial charge in [0.15, 0.2) is 0 Å². The minimum atomic E-state index is -0.815. The molecule has 0 aliphatic rings. The summed E-state index contributed by atoms with van der Waals surface area (Å²) in [4.78, 5) is 3.95. The smallest absolute Gasteiger partial charge is 0.150 e. The Kier molecular flexibility index (Phi) is 4.43. The van der Waals surface area contributed by atoms with Gasteiger partial charge in [0.05, 0.1) is 12.5 Å². The first kappa shape index (κ1) is 15.3. The van der Waals surface area contributed by atoms with Gasteiger partial charge in [0, 0.05) is 12.4 Å². The van der Waals surface area contributed by atoms with Crippen molar-refractivity contribution in [2.45, 2.75) is 26.9 Å². The number of rotatable bonds is 4. The molecule has 112 valence electrons. The average molecular weight is 290 g/mol. The molecule has 0 fully saturated rings. The second kappa shape index (κ2) is 6.10. The Morgan fingerprint density at radius 2 is 2.00 bits per heavy atom. The molecule has 1 aromatic heterocycles. The van der Waals surface area contributed by atoms with Gasteiger partial charge in [-0.25, -0.2) is 9.37 Å². The number of hydrogen-bond donors (Lipinski definition) is 1. The highest BCUT2D eigenvalue weighted by molar-refractivity contribution is 5.34. The normalized spacial score (nSPS) is 14.0. The molecule has 21 heavy (non-hydrogen) atoms. The fourth-order valence-electron chi connectivity index (χ4n) is 1.71. The number of hydrogen-bond acceptors (Lipinski definition) is 3. The van der Waals surface area contributed by atoms with E-state index in [1.807, 2.05) is 20.8 Å². The highest BCUT2D eigenvalue weighted by Gasteiger charge is 2.28. The second-order valence-electron chi connectivity index (χ2n) is 5.87. The molecule has 5 heteroatoms. The zero-order valence-corrected chi connectivity index (χ0v) is 12.3. The number of imidazole rings is 1. The second-order valence-corrected chi connectivity index (χ2v) is 5.87. The topological polar surface area (TPSA) is 47.3 Å². The lowest BCUT2D eigenvalue weighted by Gasteiger charge is -2.27. The quantitative estimate of drug-likeness (QED) is 0.879. The van der Waals surface area contributed by atoms with Crippen LogP contribution in [0.25, 0.3) is 6.20 Å². The van der Waals surface area contributed by atoms with Crippen molar-refractivity contribution in [1.82, 2.24) is 9.55 Å². The van der Waals surface area contributed by atoms with E-state index in [0.29, 0.717) is 11.5 Å². The molecule has 0 spiro atoms. The number of ether oxygens (including phenoxy) is 1. The Balaban J connectivity index is 2.30. The molecule has 0 radical (unpaired) electrons. The van der Waals surface area contributed by atoms with Gasteiger partial charge >= 0.3 is 0 Å². The van der Waals surface area contributed by atoms with Crippen molar-refractivity contribution in [2.75, 3.05) is 0 Å². The van der Waals surface area contributed by atoms with Crippen LogP contribution in [0.15, 0.2) is 48.7 Å². The fraction of sp³-hybridized carbons (Fsp3) is 0.312. The Labute approximate surface area is 123 Å². The van der Waals surface area contributed by atoms with Gasteiger partial charge in [-0.05, 0) is 29.7 Å². The monoisotopic (exact) mass is 290 g/mol. The van der Waals surface area contributed by atoms with E-state index >= 15 is 0 Å². The number of halogens is 1. The van der Waals surface area contributed by atoms with Crippen LogP contribution in [0.4, 0.5) is 4.39 Å². The molecule has 0 saturated heterocycles. The van der Waals surface area contributed by atoms with Gasteiger partial charge in [-0.2, -0.15) is 0 Å². The maximum atomic E-state index is 12.9. The third-order valence-corrected chi connectivity index (χ3v) is 2.94. The molecular formula is C16H19FN2O2. The molecule has 1 aromatic carbocycles. The van der Waals surface area contributed by atoms with Crippen LogP contribution in [0.2, 0.25) is 0 Å². The molecule has 0 aliphatic heterocycles. The van der Waals surface area contributed by atoms with E-state index in [9.17, 15) is 9.50 Å². The number of aliphatic hydroxyl groups excluding tert-OH is 1. The minimum absolute atomic E-state index is 0.334. The Morgan fingerprint density at radius 1 is 1.33 bits per heavy atom. The minimum Gasteiger partial charge on any atom is -0.457 e. The summed E-state index contributed by atoms with van der Waals surface area (Å²) in [6, 6.07) is 5.67. The van der Waals surface area contributed by atoms with Crippen LogP contribution in [0.1, 0.15) is 20.8 Å². The molecule has 0 aliphatic carbocycles. The van der Waals surface area contributed by atoms with Gasteiger partial charge in [0.25, 0.3) is 0 Å². The summed E-state index contributed by atoms with van der Waals surface area (Å²) < 4.78 is 20.4. The van der Waals surface area contributed by atoms with Crippen LogP contribution in [0, 0.1) is 11.2 Å². The highest BCUT2D eigenvalue weighted by Crippen LogP contribution is 2.27. The molecule has 1 N–H and O–H groups in total. The summed E-state index contributed by atoms with van der Waals surface area (Å²) in [7, 11) is 0. The first-order chi connectivity index (χ1) is 9.86. The Bertz CT molecular complexity index is 598. The van der Waals surface area contributed by atoms with E-state index < -0.39 is 11.5 Å². The van der Waals surface area contributed by atoms with E-state index in [1.165, 1.54) is 24.3 Å². The van der Waals surface area contributed by atoms with Gasteiger partial charge in [0.1, 0.15) is 23.4 Å². The molecule has 2 aromatic rings. The molecule has 0 saturated carbocycles. The maximum absolute atomic E-state index is 12.9. The van der Waals surface area contributed by atoms with Crippen LogP contribution in [0.5, 0.6) is 5.75 Å². The molecule has 0 amide bonds. The summed E-state index contributed by atoms with van der Waals surface area (Å²) in [6.45, 7) is 5.73. The predicted octanol–water partition coefficient (Wildman–Crippen LogP) is 3.31. The number of aromatic nitrogens is 2. The lowest BCUT2D eigenvalue weighted by atomic mass is 9.88. The summed E-state index contributed by atoms with van der Waals surface area (Å²) in [5.41, 5.74) is -0.396. The predicted molar refractivity (Wildman–Crippen MR) is 79.0 cm³/mol. The molecule has 0 bridgehead atoms. The zero-order valence-electron chi connectivity index (χ0n) is 12.3. The van der Waals surface area contributed by atoms with Gasteiger partial charge in [-0.3, -0.25) is 0 Å². The van der Waals surface area contributed by atoms with E-state index in [-0.39, 0.29) is 5.82 Å². The summed E-state index contributed by atoms with van der Waals surface area (Å²) >= 11 is 0. The van der Waals surface area contributed by atoms with Crippen LogP contribution in [0.3, 0.4) is 0 Å². The van der Waals surface area contributed by atoms with Gasteiger partial charge < -0.3 is 14.4 Å². The van der Waals surface area contributed by atoms with Crippen LogP contribution in [-0.4, -0.2) is 20.8 Å². The van der Waals surface area contributed by atoms with E-state index in [1.54, 1.807) is 29.5 Å². The Hall–Kier alpha value is -2.14. The third kappa shape index (κ3) is 4.16. The van der Waals surface area contributed by atoms with Gasteiger partial charge in [0.2, 0.25) is 0 Å². The molecule has 1 heterocycles.